The molecule has 0 unspecified atom stereocenters. The van der Waals surface area contributed by atoms with E-state index >= 15 is 0 Å². The summed E-state index contributed by atoms with van der Waals surface area (Å²) >= 11 is 1.85. The van der Waals surface area contributed by atoms with Gasteiger partial charge < -0.3 is 13.7 Å². The lowest BCUT2D eigenvalue weighted by Gasteiger charge is -2.11. The van der Waals surface area contributed by atoms with Crippen LogP contribution >= 0.6 is 11.3 Å². The Kier molecular flexibility index (Phi) is 7.21. The summed E-state index contributed by atoms with van der Waals surface area (Å²) in [6.07, 6.45) is 3.95. The number of benzene rings is 9. The molecule has 0 radical (unpaired) electrons. The first-order chi connectivity index (χ1) is 31.2. The molecule has 6 heteroatoms. The lowest BCUT2D eigenvalue weighted by molar-refractivity contribution is 1.07. The van der Waals surface area contributed by atoms with Crippen LogP contribution in [0.4, 0.5) is 0 Å². The van der Waals surface area contributed by atoms with Crippen LogP contribution in [0.15, 0.2) is 213 Å². The average molecular weight is 822 g/mol. The minimum Gasteiger partial charge on any atom is -0.309 e. The van der Waals surface area contributed by atoms with Crippen LogP contribution in [0.25, 0.3) is 120 Å². The Bertz CT molecular complexity index is 3880. The summed E-state index contributed by atoms with van der Waals surface area (Å²) in [5.74, 6) is 0.931. The van der Waals surface area contributed by atoms with E-state index < -0.39 is 0 Å². The Morgan fingerprint density at radius 1 is 0.317 bits per heavy atom. The number of hydrogen-bond acceptors (Lipinski definition) is 2. The van der Waals surface area contributed by atoms with Crippen LogP contribution in [0, 0.1) is 0 Å². The van der Waals surface area contributed by atoms with Crippen molar-refractivity contribution in [2.24, 2.45) is 0 Å². The van der Waals surface area contributed by atoms with Gasteiger partial charge >= 0.3 is 0 Å². The molecule has 0 saturated carbocycles. The van der Waals surface area contributed by atoms with Crippen molar-refractivity contribution in [1.82, 2.24) is 23.3 Å². The number of fused-ring (bicyclic) bond motifs is 12. The number of aromatic nitrogens is 5. The van der Waals surface area contributed by atoms with Crippen molar-refractivity contribution in [2.45, 2.75) is 0 Å². The van der Waals surface area contributed by atoms with E-state index in [0.717, 1.165) is 34.1 Å². The van der Waals surface area contributed by atoms with Gasteiger partial charge in [0.05, 0.1) is 33.1 Å². The molecule has 5 nitrogen and oxygen atoms in total. The van der Waals surface area contributed by atoms with Gasteiger partial charge in [0, 0.05) is 93.2 Å². The van der Waals surface area contributed by atoms with Gasteiger partial charge in [-0.15, -0.1) is 11.3 Å². The third-order valence-electron chi connectivity index (χ3n) is 13.1. The molecule has 5 aromatic heterocycles. The molecule has 9 aromatic carbocycles. The van der Waals surface area contributed by atoms with Gasteiger partial charge in [0.15, 0.2) is 0 Å². The molecule has 0 N–H and O–H groups in total. The normalized spacial score (nSPS) is 12.1. The second-order valence-electron chi connectivity index (χ2n) is 16.4. The Balaban J connectivity index is 1.01. The van der Waals surface area contributed by atoms with E-state index in [1.807, 2.05) is 23.6 Å². The van der Waals surface area contributed by atoms with Gasteiger partial charge in [-0.3, -0.25) is 4.57 Å². The van der Waals surface area contributed by atoms with Crippen molar-refractivity contribution in [3.63, 3.8) is 0 Å². The molecule has 14 rings (SSSR count). The van der Waals surface area contributed by atoms with Crippen LogP contribution in [0.3, 0.4) is 0 Å². The standard InChI is InChI=1S/C57H35N5S/c1-2-12-36(13-3-1)57-58-30-31-59(57)37-24-28-55-47(32-37)48-35-40(25-29-56(48)63-55)62-53-26-22-38(60-49-18-8-4-14-41(49)42-15-5-9-19-50(42)60)33-45(53)46-34-39(23-27-54(46)62)61-51-20-10-6-16-43(51)44-17-7-11-21-52(44)61/h1-35H. The summed E-state index contributed by atoms with van der Waals surface area (Å²) in [7, 11) is 0. The van der Waals surface area contributed by atoms with Crippen LogP contribution in [0.1, 0.15) is 0 Å². The largest absolute Gasteiger partial charge is 0.309 e. The Morgan fingerprint density at radius 3 is 1.19 bits per heavy atom. The van der Waals surface area contributed by atoms with Gasteiger partial charge in [-0.25, -0.2) is 4.98 Å². The minimum absolute atomic E-state index is 0.931. The molecule has 0 amide bonds. The van der Waals surface area contributed by atoms with Gasteiger partial charge in [0.1, 0.15) is 5.82 Å². The number of imidazole rings is 1. The molecule has 0 bridgehead atoms. The van der Waals surface area contributed by atoms with Gasteiger partial charge in [0.2, 0.25) is 0 Å². The third-order valence-corrected chi connectivity index (χ3v) is 14.2. The van der Waals surface area contributed by atoms with Crippen LogP contribution in [-0.2, 0) is 0 Å². The molecule has 0 saturated heterocycles. The average Bonchev–Trinajstić information content (AvgIpc) is 4.17. The molecular formula is C57H35N5S. The predicted molar refractivity (Wildman–Crippen MR) is 265 cm³/mol. The highest BCUT2D eigenvalue weighted by Gasteiger charge is 2.20. The molecule has 0 spiro atoms. The zero-order valence-electron chi connectivity index (χ0n) is 33.9. The molecule has 63 heavy (non-hydrogen) atoms. The predicted octanol–water partition coefficient (Wildman–Crippen LogP) is 15.2. The topological polar surface area (TPSA) is 32.6 Å². The summed E-state index contributed by atoms with van der Waals surface area (Å²) in [6.45, 7) is 0. The van der Waals surface area contributed by atoms with Gasteiger partial charge in [-0.05, 0) is 97.1 Å². The van der Waals surface area contributed by atoms with Crippen molar-refractivity contribution >= 4 is 96.9 Å². The van der Waals surface area contributed by atoms with E-state index in [-0.39, 0.29) is 0 Å². The van der Waals surface area contributed by atoms with Crippen LogP contribution in [-0.4, -0.2) is 23.3 Å². The van der Waals surface area contributed by atoms with Crippen LogP contribution < -0.4 is 0 Å². The van der Waals surface area contributed by atoms with E-state index in [1.165, 1.54) is 85.6 Å². The number of hydrogen-bond donors (Lipinski definition) is 0. The lowest BCUT2D eigenvalue weighted by atomic mass is 10.1. The van der Waals surface area contributed by atoms with Crippen molar-refractivity contribution in [3.05, 3.63) is 213 Å². The molecule has 0 fully saturated rings. The van der Waals surface area contributed by atoms with Crippen molar-refractivity contribution < 1.29 is 0 Å². The Labute approximate surface area is 365 Å². The second kappa shape index (κ2) is 13.2. The molecule has 0 aliphatic carbocycles. The minimum atomic E-state index is 0.931. The maximum Gasteiger partial charge on any atom is 0.144 e. The molecule has 14 aromatic rings. The Hall–Kier alpha value is -8.19. The Morgan fingerprint density at radius 2 is 0.698 bits per heavy atom. The highest BCUT2D eigenvalue weighted by Crippen LogP contribution is 2.42. The summed E-state index contributed by atoms with van der Waals surface area (Å²) < 4.78 is 12.0. The van der Waals surface area contributed by atoms with E-state index in [2.05, 4.69) is 219 Å². The van der Waals surface area contributed by atoms with E-state index in [4.69, 9.17) is 4.98 Å². The first kappa shape index (κ1) is 34.5. The molecule has 294 valence electrons. The van der Waals surface area contributed by atoms with Gasteiger partial charge in [0.25, 0.3) is 0 Å². The molecular weight excluding hydrogens is 787 g/mol. The zero-order valence-corrected chi connectivity index (χ0v) is 34.7. The quantitative estimate of drug-likeness (QED) is 0.170. The smallest absolute Gasteiger partial charge is 0.144 e. The lowest BCUT2D eigenvalue weighted by Crippen LogP contribution is -1.96. The number of para-hydroxylation sites is 4. The molecule has 0 atom stereocenters. The first-order valence-corrected chi connectivity index (χ1v) is 22.2. The number of rotatable bonds is 5. The van der Waals surface area contributed by atoms with E-state index in [9.17, 15) is 0 Å². The number of nitrogens with zero attached hydrogens (tertiary/aromatic N) is 5. The van der Waals surface area contributed by atoms with Crippen molar-refractivity contribution in [1.29, 1.82) is 0 Å². The van der Waals surface area contributed by atoms with Crippen molar-refractivity contribution in [3.8, 4) is 34.1 Å². The highest BCUT2D eigenvalue weighted by atomic mass is 32.1. The van der Waals surface area contributed by atoms with Gasteiger partial charge in [-0.1, -0.05) is 103 Å². The SMILES string of the molecule is c1ccc(-c2nccn2-c2ccc3sc4ccc(-n5c6ccc(-n7c8ccccc8c8ccccc87)cc6c6cc(-n7c8ccccc8c8ccccc87)ccc65)cc4c3c2)cc1. The summed E-state index contributed by atoms with van der Waals surface area (Å²) in [4.78, 5) is 4.76. The van der Waals surface area contributed by atoms with E-state index in [1.54, 1.807) is 0 Å². The van der Waals surface area contributed by atoms with E-state index in [0.29, 0.717) is 0 Å². The first-order valence-electron chi connectivity index (χ1n) is 21.4. The molecule has 0 aliphatic rings. The van der Waals surface area contributed by atoms with Crippen LogP contribution in [0.5, 0.6) is 0 Å². The maximum atomic E-state index is 4.76. The summed E-state index contributed by atoms with van der Waals surface area (Å²) in [6, 6.07) is 73.3. The monoisotopic (exact) mass is 821 g/mol. The van der Waals surface area contributed by atoms with Crippen LogP contribution in [0.2, 0.25) is 0 Å². The van der Waals surface area contributed by atoms with Crippen molar-refractivity contribution in [2.75, 3.05) is 0 Å². The molecule has 5 heterocycles. The summed E-state index contributed by atoms with van der Waals surface area (Å²) in [5.41, 5.74) is 12.7. The fourth-order valence-electron chi connectivity index (χ4n) is 10.3. The fraction of sp³-hybridized carbons (Fsp3) is 0. The second-order valence-corrected chi connectivity index (χ2v) is 17.5. The number of thiophene rings is 1. The highest BCUT2D eigenvalue weighted by molar-refractivity contribution is 7.25. The maximum absolute atomic E-state index is 4.76. The zero-order chi connectivity index (χ0) is 41.2. The fourth-order valence-corrected chi connectivity index (χ4v) is 11.4. The van der Waals surface area contributed by atoms with Gasteiger partial charge in [-0.2, -0.15) is 0 Å². The molecule has 0 aliphatic heterocycles. The third kappa shape index (κ3) is 5.01. The summed E-state index contributed by atoms with van der Waals surface area (Å²) in [5, 5.41) is 9.93.